The van der Waals surface area contributed by atoms with Crippen LogP contribution in [0.4, 0.5) is 0 Å². The number of aryl methyl sites for hydroxylation is 1. The zero-order valence-corrected chi connectivity index (χ0v) is 14.9. The van der Waals surface area contributed by atoms with Crippen LogP contribution >= 0.6 is 0 Å². The summed E-state index contributed by atoms with van der Waals surface area (Å²) in [7, 11) is 0. The summed E-state index contributed by atoms with van der Waals surface area (Å²) in [6.07, 6.45) is 3.49. The molecule has 0 spiro atoms. The number of benzene rings is 3. The highest BCUT2D eigenvalue weighted by Gasteiger charge is 2.08. The molecule has 2 heteroatoms. The standard InChI is InChI=1S/C23H23NO/c1-16-7-6-10-19(17(16)2)13-14-23(25)24-18(3)21-12-11-20-8-4-5-9-22(20)15-21/h4-15,18H,1-3H3,(H,24,25)/b14-13+/t18-/m0/s1. The summed E-state index contributed by atoms with van der Waals surface area (Å²) in [6, 6.07) is 20.6. The van der Waals surface area contributed by atoms with Crippen molar-refractivity contribution in [2.75, 3.05) is 0 Å². The van der Waals surface area contributed by atoms with Gasteiger partial charge in [0.25, 0.3) is 0 Å². The SMILES string of the molecule is Cc1cccc(/C=C/C(=O)N[C@@H](C)c2ccc3ccccc3c2)c1C. The predicted molar refractivity (Wildman–Crippen MR) is 105 cm³/mol. The highest BCUT2D eigenvalue weighted by molar-refractivity contribution is 5.92. The lowest BCUT2D eigenvalue weighted by atomic mass is 10.0. The van der Waals surface area contributed by atoms with Crippen LogP contribution in [0.2, 0.25) is 0 Å². The maximum Gasteiger partial charge on any atom is 0.244 e. The van der Waals surface area contributed by atoms with E-state index < -0.39 is 0 Å². The lowest BCUT2D eigenvalue weighted by Crippen LogP contribution is -2.24. The van der Waals surface area contributed by atoms with Crippen LogP contribution in [0, 0.1) is 13.8 Å². The van der Waals surface area contributed by atoms with Gasteiger partial charge in [0.1, 0.15) is 0 Å². The smallest absolute Gasteiger partial charge is 0.244 e. The number of carbonyl (C=O) groups is 1. The summed E-state index contributed by atoms with van der Waals surface area (Å²) >= 11 is 0. The molecule has 0 aliphatic heterocycles. The molecule has 3 aromatic carbocycles. The van der Waals surface area contributed by atoms with Crippen LogP contribution in [0.15, 0.2) is 66.7 Å². The first kappa shape index (κ1) is 17.0. The van der Waals surface area contributed by atoms with Gasteiger partial charge in [0, 0.05) is 6.08 Å². The second kappa shape index (κ2) is 7.35. The van der Waals surface area contributed by atoms with E-state index in [1.54, 1.807) is 6.08 Å². The number of amides is 1. The normalized spacial score (nSPS) is 12.4. The van der Waals surface area contributed by atoms with E-state index in [4.69, 9.17) is 0 Å². The fourth-order valence-electron chi connectivity index (χ4n) is 2.94. The Morgan fingerprint density at radius 2 is 1.72 bits per heavy atom. The average molecular weight is 329 g/mol. The molecule has 0 fully saturated rings. The lowest BCUT2D eigenvalue weighted by molar-refractivity contribution is -0.117. The minimum Gasteiger partial charge on any atom is -0.346 e. The largest absolute Gasteiger partial charge is 0.346 e. The number of fused-ring (bicyclic) bond motifs is 1. The Balaban J connectivity index is 1.71. The van der Waals surface area contributed by atoms with E-state index >= 15 is 0 Å². The molecule has 1 N–H and O–H groups in total. The Morgan fingerprint density at radius 3 is 2.52 bits per heavy atom. The Bertz CT molecular complexity index is 940. The summed E-state index contributed by atoms with van der Waals surface area (Å²) < 4.78 is 0. The molecule has 0 saturated heterocycles. The maximum atomic E-state index is 12.3. The summed E-state index contributed by atoms with van der Waals surface area (Å²) in [6.45, 7) is 6.16. The number of nitrogens with one attached hydrogen (secondary N) is 1. The fraction of sp³-hybridized carbons (Fsp3) is 0.174. The lowest BCUT2D eigenvalue weighted by Gasteiger charge is -2.14. The zero-order valence-electron chi connectivity index (χ0n) is 14.9. The monoisotopic (exact) mass is 329 g/mol. The molecule has 0 radical (unpaired) electrons. The Morgan fingerprint density at radius 1 is 0.960 bits per heavy atom. The summed E-state index contributed by atoms with van der Waals surface area (Å²) in [5.41, 5.74) is 4.61. The molecule has 3 rings (SSSR count). The highest BCUT2D eigenvalue weighted by atomic mass is 16.1. The molecule has 0 heterocycles. The average Bonchev–Trinajstić information content (AvgIpc) is 2.62. The minimum absolute atomic E-state index is 0.0413. The van der Waals surface area contributed by atoms with Crippen molar-refractivity contribution in [2.45, 2.75) is 26.8 Å². The van der Waals surface area contributed by atoms with Crippen molar-refractivity contribution < 1.29 is 4.79 Å². The van der Waals surface area contributed by atoms with Crippen molar-refractivity contribution in [3.05, 3.63) is 89.0 Å². The number of hydrogen-bond donors (Lipinski definition) is 1. The first-order valence-corrected chi connectivity index (χ1v) is 8.58. The molecule has 2 nitrogen and oxygen atoms in total. The van der Waals surface area contributed by atoms with E-state index in [9.17, 15) is 4.79 Å². The van der Waals surface area contributed by atoms with Crippen molar-refractivity contribution in [2.24, 2.45) is 0 Å². The van der Waals surface area contributed by atoms with Gasteiger partial charge in [0.2, 0.25) is 5.91 Å². The van der Waals surface area contributed by atoms with Crippen molar-refractivity contribution in [3.63, 3.8) is 0 Å². The molecular weight excluding hydrogens is 306 g/mol. The van der Waals surface area contributed by atoms with Gasteiger partial charge in [0.05, 0.1) is 6.04 Å². The van der Waals surface area contributed by atoms with Gasteiger partial charge in [-0.05, 0) is 65.9 Å². The first-order chi connectivity index (χ1) is 12.0. The molecule has 0 bridgehead atoms. The minimum atomic E-state index is -0.0819. The van der Waals surface area contributed by atoms with Gasteiger partial charge < -0.3 is 5.32 Å². The number of rotatable bonds is 4. The molecule has 1 atom stereocenters. The van der Waals surface area contributed by atoms with Gasteiger partial charge >= 0.3 is 0 Å². The van der Waals surface area contributed by atoms with Crippen LogP contribution in [-0.4, -0.2) is 5.91 Å². The zero-order chi connectivity index (χ0) is 17.8. The van der Waals surface area contributed by atoms with Crippen LogP contribution in [0.5, 0.6) is 0 Å². The first-order valence-electron chi connectivity index (χ1n) is 8.58. The Kier molecular flexibility index (Phi) is 4.99. The van der Waals surface area contributed by atoms with Gasteiger partial charge in [0.15, 0.2) is 0 Å². The molecule has 25 heavy (non-hydrogen) atoms. The molecule has 0 aliphatic rings. The number of hydrogen-bond acceptors (Lipinski definition) is 1. The van der Waals surface area contributed by atoms with Crippen LogP contribution in [0.3, 0.4) is 0 Å². The molecule has 0 saturated carbocycles. The quantitative estimate of drug-likeness (QED) is 0.643. The van der Waals surface area contributed by atoms with E-state index in [0.29, 0.717) is 0 Å². The number of carbonyl (C=O) groups excluding carboxylic acids is 1. The van der Waals surface area contributed by atoms with Gasteiger partial charge in [-0.1, -0.05) is 54.6 Å². The van der Waals surface area contributed by atoms with Crippen molar-refractivity contribution in [1.29, 1.82) is 0 Å². The Labute approximate surface area is 149 Å². The van der Waals surface area contributed by atoms with Crippen molar-refractivity contribution in [3.8, 4) is 0 Å². The third kappa shape index (κ3) is 3.97. The second-order valence-corrected chi connectivity index (χ2v) is 6.46. The third-order valence-electron chi connectivity index (χ3n) is 4.69. The highest BCUT2D eigenvalue weighted by Crippen LogP contribution is 2.20. The fourth-order valence-corrected chi connectivity index (χ4v) is 2.94. The van der Waals surface area contributed by atoms with Gasteiger partial charge in [-0.15, -0.1) is 0 Å². The van der Waals surface area contributed by atoms with Crippen molar-refractivity contribution >= 4 is 22.8 Å². The Hall–Kier alpha value is -2.87. The van der Waals surface area contributed by atoms with Gasteiger partial charge in [-0.3, -0.25) is 4.79 Å². The molecule has 1 amide bonds. The summed E-state index contributed by atoms with van der Waals surface area (Å²) in [5.74, 6) is -0.0819. The molecule has 0 aliphatic carbocycles. The van der Waals surface area contributed by atoms with E-state index in [1.165, 1.54) is 21.9 Å². The topological polar surface area (TPSA) is 29.1 Å². The third-order valence-corrected chi connectivity index (χ3v) is 4.69. The van der Waals surface area contributed by atoms with Crippen LogP contribution in [0.1, 0.15) is 35.2 Å². The van der Waals surface area contributed by atoms with Crippen LogP contribution in [0.25, 0.3) is 16.8 Å². The maximum absolute atomic E-state index is 12.3. The molecule has 126 valence electrons. The van der Waals surface area contributed by atoms with Gasteiger partial charge in [-0.25, -0.2) is 0 Å². The van der Waals surface area contributed by atoms with Crippen LogP contribution < -0.4 is 5.32 Å². The molecule has 0 aromatic heterocycles. The summed E-state index contributed by atoms with van der Waals surface area (Å²) in [4.78, 5) is 12.3. The van der Waals surface area contributed by atoms with Crippen LogP contribution in [-0.2, 0) is 4.79 Å². The summed E-state index contributed by atoms with van der Waals surface area (Å²) in [5, 5.41) is 5.43. The predicted octanol–water partition coefficient (Wildman–Crippen LogP) is 5.35. The van der Waals surface area contributed by atoms with Gasteiger partial charge in [-0.2, -0.15) is 0 Å². The molecular formula is C23H23NO. The molecule has 3 aromatic rings. The molecule has 0 unspecified atom stereocenters. The van der Waals surface area contributed by atoms with Crippen molar-refractivity contribution in [1.82, 2.24) is 5.32 Å². The van der Waals surface area contributed by atoms with E-state index in [2.05, 4.69) is 55.6 Å². The van der Waals surface area contributed by atoms with E-state index in [0.717, 1.165) is 11.1 Å². The van der Waals surface area contributed by atoms with E-state index in [1.807, 2.05) is 37.3 Å². The second-order valence-electron chi connectivity index (χ2n) is 6.46. The van der Waals surface area contributed by atoms with E-state index in [-0.39, 0.29) is 11.9 Å².